The van der Waals surface area contributed by atoms with E-state index in [0.29, 0.717) is 12.5 Å². The van der Waals surface area contributed by atoms with Crippen molar-refractivity contribution in [2.75, 3.05) is 24.6 Å². The van der Waals surface area contributed by atoms with Gasteiger partial charge in [0.05, 0.1) is 11.9 Å². The minimum Gasteiger partial charge on any atom is -0.396 e. The van der Waals surface area contributed by atoms with Crippen molar-refractivity contribution >= 4 is 5.69 Å². The van der Waals surface area contributed by atoms with Crippen LogP contribution in [0.25, 0.3) is 0 Å². The molecule has 0 atom stereocenters. The molecule has 0 bridgehead atoms. The summed E-state index contributed by atoms with van der Waals surface area (Å²) < 4.78 is 0. The minimum absolute atomic E-state index is 0.333. The van der Waals surface area contributed by atoms with Gasteiger partial charge in [0, 0.05) is 25.4 Å². The van der Waals surface area contributed by atoms with Gasteiger partial charge in [-0.05, 0) is 37.8 Å². The predicted molar refractivity (Wildman–Crippen MR) is 61.0 cm³/mol. The second-order valence-corrected chi connectivity index (χ2v) is 4.27. The van der Waals surface area contributed by atoms with E-state index in [1.807, 2.05) is 19.2 Å². The molecule has 2 heterocycles. The number of piperidine rings is 1. The molecule has 3 heteroatoms. The first-order valence-corrected chi connectivity index (χ1v) is 5.58. The number of aryl methyl sites for hydroxylation is 1. The lowest BCUT2D eigenvalue weighted by Gasteiger charge is -2.32. The van der Waals surface area contributed by atoms with E-state index >= 15 is 0 Å². The summed E-state index contributed by atoms with van der Waals surface area (Å²) in [7, 11) is 0. The summed E-state index contributed by atoms with van der Waals surface area (Å²) in [6.45, 7) is 4.41. The molecule has 1 aliphatic heterocycles. The van der Waals surface area contributed by atoms with E-state index in [9.17, 15) is 0 Å². The molecule has 15 heavy (non-hydrogen) atoms. The Morgan fingerprint density at radius 1 is 1.40 bits per heavy atom. The summed E-state index contributed by atoms with van der Waals surface area (Å²) in [6, 6.07) is 4.18. The lowest BCUT2D eigenvalue weighted by atomic mass is 9.98. The molecule has 1 aliphatic rings. The van der Waals surface area contributed by atoms with Crippen LogP contribution in [0.3, 0.4) is 0 Å². The van der Waals surface area contributed by atoms with Crippen LogP contribution in [0, 0.1) is 12.8 Å². The molecule has 0 aliphatic carbocycles. The zero-order valence-electron chi connectivity index (χ0n) is 9.19. The Labute approximate surface area is 90.8 Å². The Hall–Kier alpha value is -1.09. The van der Waals surface area contributed by atoms with Gasteiger partial charge < -0.3 is 10.0 Å². The van der Waals surface area contributed by atoms with Gasteiger partial charge in [-0.2, -0.15) is 0 Å². The second kappa shape index (κ2) is 4.62. The van der Waals surface area contributed by atoms with E-state index in [4.69, 9.17) is 5.11 Å². The molecule has 1 aromatic rings. The number of aliphatic hydroxyl groups is 1. The van der Waals surface area contributed by atoms with Gasteiger partial charge in [-0.3, -0.25) is 4.98 Å². The van der Waals surface area contributed by atoms with Crippen molar-refractivity contribution < 1.29 is 5.11 Å². The molecule has 2 rings (SSSR count). The number of aromatic nitrogens is 1. The molecule has 0 radical (unpaired) electrons. The van der Waals surface area contributed by atoms with Gasteiger partial charge in [0.2, 0.25) is 0 Å². The fourth-order valence-electron chi connectivity index (χ4n) is 2.02. The third-order valence-corrected chi connectivity index (χ3v) is 3.13. The van der Waals surface area contributed by atoms with Crippen LogP contribution in [0.1, 0.15) is 18.5 Å². The maximum Gasteiger partial charge on any atom is 0.0552 e. The fraction of sp³-hybridized carbons (Fsp3) is 0.583. The van der Waals surface area contributed by atoms with Crippen molar-refractivity contribution in [3.05, 3.63) is 24.0 Å². The number of hydrogen-bond acceptors (Lipinski definition) is 3. The Balaban J connectivity index is 1.98. The monoisotopic (exact) mass is 206 g/mol. The smallest absolute Gasteiger partial charge is 0.0552 e. The molecule has 1 aromatic heterocycles. The highest BCUT2D eigenvalue weighted by Crippen LogP contribution is 2.22. The van der Waals surface area contributed by atoms with Crippen LogP contribution in [0.2, 0.25) is 0 Å². The number of pyridine rings is 1. The summed E-state index contributed by atoms with van der Waals surface area (Å²) in [4.78, 5) is 6.65. The summed E-state index contributed by atoms with van der Waals surface area (Å²) >= 11 is 0. The minimum atomic E-state index is 0.333. The van der Waals surface area contributed by atoms with E-state index in [2.05, 4.69) is 16.0 Å². The van der Waals surface area contributed by atoms with Crippen molar-refractivity contribution in [3.8, 4) is 0 Å². The Morgan fingerprint density at radius 3 is 2.67 bits per heavy atom. The third-order valence-electron chi connectivity index (χ3n) is 3.13. The highest BCUT2D eigenvalue weighted by molar-refractivity contribution is 5.44. The molecule has 0 saturated carbocycles. The largest absolute Gasteiger partial charge is 0.396 e. The molecule has 1 N–H and O–H groups in total. The maximum absolute atomic E-state index is 9.05. The molecule has 1 fully saturated rings. The van der Waals surface area contributed by atoms with Crippen LogP contribution in [0.15, 0.2) is 18.3 Å². The Morgan fingerprint density at radius 2 is 2.13 bits per heavy atom. The van der Waals surface area contributed by atoms with Crippen LogP contribution in [-0.2, 0) is 0 Å². The first-order valence-electron chi connectivity index (χ1n) is 5.58. The molecule has 0 aromatic carbocycles. The van der Waals surface area contributed by atoms with E-state index < -0.39 is 0 Å². The van der Waals surface area contributed by atoms with E-state index in [0.717, 1.165) is 31.6 Å². The maximum atomic E-state index is 9.05. The number of nitrogens with zero attached hydrogens (tertiary/aromatic N) is 2. The van der Waals surface area contributed by atoms with Crippen molar-refractivity contribution in [1.82, 2.24) is 4.98 Å². The Bertz CT molecular complexity index is 302. The van der Waals surface area contributed by atoms with E-state index in [-0.39, 0.29) is 0 Å². The number of aliphatic hydroxyl groups excluding tert-OH is 1. The summed E-state index contributed by atoms with van der Waals surface area (Å²) in [6.07, 6.45) is 4.11. The van der Waals surface area contributed by atoms with Gasteiger partial charge in [0.1, 0.15) is 0 Å². The Kier molecular flexibility index (Phi) is 3.21. The lowest BCUT2D eigenvalue weighted by molar-refractivity contribution is 0.203. The van der Waals surface area contributed by atoms with Crippen LogP contribution >= 0.6 is 0 Å². The van der Waals surface area contributed by atoms with Gasteiger partial charge in [-0.15, -0.1) is 0 Å². The second-order valence-electron chi connectivity index (χ2n) is 4.27. The topological polar surface area (TPSA) is 36.4 Å². The highest BCUT2D eigenvalue weighted by atomic mass is 16.3. The molecule has 82 valence electrons. The average Bonchev–Trinajstić information content (AvgIpc) is 2.30. The van der Waals surface area contributed by atoms with Gasteiger partial charge in [0.15, 0.2) is 0 Å². The zero-order valence-corrected chi connectivity index (χ0v) is 9.19. The van der Waals surface area contributed by atoms with Crippen molar-refractivity contribution in [1.29, 1.82) is 0 Å². The van der Waals surface area contributed by atoms with E-state index in [1.54, 1.807) is 0 Å². The van der Waals surface area contributed by atoms with Gasteiger partial charge in [-0.25, -0.2) is 0 Å². The zero-order chi connectivity index (χ0) is 10.7. The van der Waals surface area contributed by atoms with Gasteiger partial charge in [-0.1, -0.05) is 0 Å². The molecule has 0 amide bonds. The highest BCUT2D eigenvalue weighted by Gasteiger charge is 2.18. The number of hydrogen-bond donors (Lipinski definition) is 1. The predicted octanol–water partition coefficient (Wildman–Crippen LogP) is 1.60. The third kappa shape index (κ3) is 2.48. The molecular formula is C12H18N2O. The van der Waals surface area contributed by atoms with Crippen LogP contribution < -0.4 is 4.90 Å². The van der Waals surface area contributed by atoms with Crippen LogP contribution in [-0.4, -0.2) is 29.8 Å². The lowest BCUT2D eigenvalue weighted by Crippen LogP contribution is -2.34. The molecule has 3 nitrogen and oxygen atoms in total. The molecule has 0 spiro atoms. The normalized spacial score (nSPS) is 18.1. The van der Waals surface area contributed by atoms with Crippen LogP contribution in [0.4, 0.5) is 5.69 Å². The molecule has 1 saturated heterocycles. The fourth-order valence-corrected chi connectivity index (χ4v) is 2.02. The standard InChI is InChI=1S/C12H18N2O/c1-10-2-3-12(8-13-10)14-6-4-11(9-15)5-7-14/h2-3,8,11,15H,4-7,9H2,1H3. The van der Waals surface area contributed by atoms with Crippen molar-refractivity contribution in [2.45, 2.75) is 19.8 Å². The van der Waals surface area contributed by atoms with Gasteiger partial charge in [0.25, 0.3) is 0 Å². The average molecular weight is 206 g/mol. The van der Waals surface area contributed by atoms with E-state index in [1.165, 1.54) is 5.69 Å². The quantitative estimate of drug-likeness (QED) is 0.798. The van der Waals surface area contributed by atoms with Gasteiger partial charge >= 0.3 is 0 Å². The number of rotatable bonds is 2. The van der Waals surface area contributed by atoms with Crippen molar-refractivity contribution in [2.24, 2.45) is 5.92 Å². The first kappa shape index (κ1) is 10.4. The van der Waals surface area contributed by atoms with Crippen LogP contribution in [0.5, 0.6) is 0 Å². The SMILES string of the molecule is Cc1ccc(N2CCC(CO)CC2)cn1. The molecule has 0 unspecified atom stereocenters. The summed E-state index contributed by atoms with van der Waals surface area (Å²) in [5, 5.41) is 9.05. The summed E-state index contributed by atoms with van der Waals surface area (Å²) in [5.41, 5.74) is 2.26. The number of anilines is 1. The summed E-state index contributed by atoms with van der Waals surface area (Å²) in [5.74, 6) is 0.500. The van der Waals surface area contributed by atoms with Crippen molar-refractivity contribution in [3.63, 3.8) is 0 Å². The first-order chi connectivity index (χ1) is 7.29. The molecular weight excluding hydrogens is 188 g/mol.